The van der Waals surface area contributed by atoms with E-state index in [0.29, 0.717) is 18.8 Å². The van der Waals surface area contributed by atoms with Gasteiger partial charge in [-0.3, -0.25) is 14.5 Å². The molecule has 0 atom stereocenters. The Kier molecular flexibility index (Phi) is 5.53. The molecule has 0 radical (unpaired) electrons. The molecule has 0 saturated carbocycles. The highest BCUT2D eigenvalue weighted by Gasteiger charge is 2.28. The predicted molar refractivity (Wildman–Crippen MR) is 97.4 cm³/mol. The van der Waals surface area contributed by atoms with Gasteiger partial charge in [-0.1, -0.05) is 12.1 Å². The number of hydrogen-bond acceptors (Lipinski definition) is 5. The Hall–Kier alpha value is -2.45. The molecular weight excluding hydrogens is 354 g/mol. The van der Waals surface area contributed by atoms with Crippen LogP contribution in [-0.2, 0) is 14.8 Å². The number of anilines is 1. The minimum absolute atomic E-state index is 0.0391. The van der Waals surface area contributed by atoms with Gasteiger partial charge < -0.3 is 9.64 Å². The lowest BCUT2D eigenvalue weighted by molar-refractivity contribution is 0.0349. The largest absolute Gasteiger partial charge is 0.381 e. The molecule has 1 amide bonds. The Labute approximate surface area is 153 Å². The first-order valence-electron chi connectivity index (χ1n) is 8.35. The van der Waals surface area contributed by atoms with Gasteiger partial charge in [0.15, 0.2) is 0 Å². The summed E-state index contributed by atoms with van der Waals surface area (Å²) in [7, 11) is -2.24. The molecule has 26 heavy (non-hydrogen) atoms. The van der Waals surface area contributed by atoms with E-state index in [9.17, 15) is 13.2 Å². The van der Waals surface area contributed by atoms with Crippen molar-refractivity contribution in [2.75, 3.05) is 24.9 Å². The van der Waals surface area contributed by atoms with Crippen molar-refractivity contribution in [2.24, 2.45) is 0 Å². The van der Waals surface area contributed by atoms with E-state index < -0.39 is 10.0 Å². The number of carbonyl (C=O) groups excluding carboxylic acids is 1. The molecule has 1 aromatic heterocycles. The fourth-order valence-corrected chi connectivity index (χ4v) is 4.22. The first kappa shape index (κ1) is 18.3. The molecule has 7 nitrogen and oxygen atoms in total. The van der Waals surface area contributed by atoms with Crippen molar-refractivity contribution in [2.45, 2.75) is 23.8 Å². The summed E-state index contributed by atoms with van der Waals surface area (Å²) in [5.74, 6) is -0.285. The van der Waals surface area contributed by atoms with Gasteiger partial charge in [0, 0.05) is 26.4 Å². The molecule has 2 heterocycles. The zero-order valence-electron chi connectivity index (χ0n) is 14.5. The van der Waals surface area contributed by atoms with E-state index in [-0.39, 0.29) is 22.5 Å². The summed E-state index contributed by atoms with van der Waals surface area (Å²) in [6.07, 6.45) is 4.59. The summed E-state index contributed by atoms with van der Waals surface area (Å²) in [4.78, 5) is 18.4. The van der Waals surface area contributed by atoms with Gasteiger partial charge in [-0.25, -0.2) is 8.42 Å². The molecular formula is C18H21N3O4S. The van der Waals surface area contributed by atoms with E-state index in [0.717, 1.165) is 12.8 Å². The molecule has 0 spiro atoms. The summed E-state index contributed by atoms with van der Waals surface area (Å²) >= 11 is 0. The van der Waals surface area contributed by atoms with Gasteiger partial charge in [-0.05, 0) is 37.1 Å². The third-order valence-corrected chi connectivity index (χ3v) is 5.82. The number of ether oxygens (including phenoxy) is 1. The van der Waals surface area contributed by atoms with E-state index in [1.165, 1.54) is 12.3 Å². The first-order chi connectivity index (χ1) is 12.5. The van der Waals surface area contributed by atoms with Crippen LogP contribution in [0.3, 0.4) is 0 Å². The van der Waals surface area contributed by atoms with Gasteiger partial charge in [0.1, 0.15) is 4.90 Å². The van der Waals surface area contributed by atoms with Crippen LogP contribution in [0.1, 0.15) is 23.2 Å². The average molecular weight is 375 g/mol. The SMILES string of the molecule is COC1CCN(C(=O)c2ccccc2S(=O)(=O)Nc2cccnc2)CC1. The maximum atomic E-state index is 12.9. The van der Waals surface area contributed by atoms with Crippen LogP contribution in [0.5, 0.6) is 0 Å². The summed E-state index contributed by atoms with van der Waals surface area (Å²) in [6.45, 7) is 1.09. The number of nitrogens with one attached hydrogen (secondary N) is 1. The molecule has 1 aromatic carbocycles. The molecule has 3 rings (SSSR count). The highest BCUT2D eigenvalue weighted by atomic mass is 32.2. The Morgan fingerprint density at radius 1 is 1.19 bits per heavy atom. The molecule has 0 aliphatic carbocycles. The summed E-state index contributed by atoms with van der Waals surface area (Å²) in [6, 6.07) is 9.49. The Morgan fingerprint density at radius 2 is 1.92 bits per heavy atom. The van der Waals surface area contributed by atoms with Crippen LogP contribution in [0.25, 0.3) is 0 Å². The third-order valence-electron chi connectivity index (χ3n) is 4.38. The molecule has 1 saturated heterocycles. The monoisotopic (exact) mass is 375 g/mol. The normalized spacial score (nSPS) is 15.7. The third kappa shape index (κ3) is 4.03. The lowest BCUT2D eigenvalue weighted by atomic mass is 10.1. The number of benzene rings is 1. The van der Waals surface area contributed by atoms with Crippen LogP contribution in [0, 0.1) is 0 Å². The topological polar surface area (TPSA) is 88.6 Å². The van der Waals surface area contributed by atoms with Crippen molar-refractivity contribution < 1.29 is 17.9 Å². The molecule has 0 bridgehead atoms. The summed E-state index contributed by atoms with van der Waals surface area (Å²) < 4.78 is 33.3. The standard InChI is InChI=1S/C18H21N3O4S/c1-25-15-8-11-21(12-9-15)18(22)16-6-2-3-7-17(16)26(23,24)20-14-5-4-10-19-13-14/h2-7,10,13,15,20H,8-9,11-12H2,1H3. The first-order valence-corrected chi connectivity index (χ1v) is 9.83. The number of piperidine rings is 1. The van der Waals surface area contributed by atoms with Crippen LogP contribution in [0.2, 0.25) is 0 Å². The average Bonchev–Trinajstić information content (AvgIpc) is 2.68. The van der Waals surface area contributed by atoms with Gasteiger partial charge in [0.2, 0.25) is 0 Å². The van der Waals surface area contributed by atoms with Crippen molar-refractivity contribution in [1.29, 1.82) is 0 Å². The van der Waals surface area contributed by atoms with Gasteiger partial charge in [-0.15, -0.1) is 0 Å². The van der Waals surface area contributed by atoms with Crippen LogP contribution < -0.4 is 4.72 Å². The Balaban J connectivity index is 1.85. The van der Waals surface area contributed by atoms with Crippen molar-refractivity contribution in [3.63, 3.8) is 0 Å². The fraction of sp³-hybridized carbons (Fsp3) is 0.333. The molecule has 0 unspecified atom stereocenters. The molecule has 8 heteroatoms. The van der Waals surface area contributed by atoms with Gasteiger partial charge >= 0.3 is 0 Å². The second-order valence-electron chi connectivity index (χ2n) is 6.07. The lowest BCUT2D eigenvalue weighted by Crippen LogP contribution is -2.41. The zero-order chi connectivity index (χ0) is 18.6. The van der Waals surface area contributed by atoms with Gasteiger partial charge in [0.25, 0.3) is 15.9 Å². The summed E-state index contributed by atoms with van der Waals surface area (Å²) in [5.41, 5.74) is 0.510. The summed E-state index contributed by atoms with van der Waals surface area (Å²) in [5, 5.41) is 0. The molecule has 138 valence electrons. The Bertz CT molecular complexity index is 863. The van der Waals surface area contributed by atoms with Crippen molar-refractivity contribution >= 4 is 21.6 Å². The zero-order valence-corrected chi connectivity index (χ0v) is 15.3. The van der Waals surface area contributed by atoms with Crippen LogP contribution in [0.15, 0.2) is 53.7 Å². The van der Waals surface area contributed by atoms with E-state index in [2.05, 4.69) is 9.71 Å². The molecule has 1 aliphatic rings. The van der Waals surface area contributed by atoms with Crippen molar-refractivity contribution in [1.82, 2.24) is 9.88 Å². The van der Waals surface area contributed by atoms with E-state index in [1.807, 2.05) is 0 Å². The lowest BCUT2D eigenvalue weighted by Gasteiger charge is -2.31. The molecule has 1 N–H and O–H groups in total. The second-order valence-corrected chi connectivity index (χ2v) is 7.72. The van der Waals surface area contributed by atoms with Crippen LogP contribution >= 0.6 is 0 Å². The van der Waals surface area contributed by atoms with Crippen LogP contribution in [0.4, 0.5) is 5.69 Å². The number of rotatable bonds is 5. The number of pyridine rings is 1. The van der Waals surface area contributed by atoms with Crippen molar-refractivity contribution in [3.05, 3.63) is 54.4 Å². The highest BCUT2D eigenvalue weighted by molar-refractivity contribution is 7.92. The fourth-order valence-electron chi connectivity index (χ4n) is 2.98. The van der Waals surface area contributed by atoms with Crippen molar-refractivity contribution in [3.8, 4) is 0 Å². The predicted octanol–water partition coefficient (Wildman–Crippen LogP) is 2.13. The number of nitrogens with zero attached hydrogens (tertiary/aromatic N) is 2. The van der Waals surface area contributed by atoms with Gasteiger partial charge in [0.05, 0.1) is 23.6 Å². The highest BCUT2D eigenvalue weighted by Crippen LogP contribution is 2.22. The minimum Gasteiger partial charge on any atom is -0.381 e. The Morgan fingerprint density at radius 3 is 2.58 bits per heavy atom. The van der Waals surface area contributed by atoms with E-state index in [1.54, 1.807) is 48.5 Å². The van der Waals surface area contributed by atoms with Crippen LogP contribution in [-0.4, -0.2) is 50.5 Å². The van der Waals surface area contributed by atoms with Gasteiger partial charge in [-0.2, -0.15) is 0 Å². The number of aromatic nitrogens is 1. The van der Waals surface area contributed by atoms with E-state index in [4.69, 9.17) is 4.74 Å². The number of likely N-dealkylation sites (tertiary alicyclic amines) is 1. The maximum absolute atomic E-state index is 12.9. The smallest absolute Gasteiger partial charge is 0.262 e. The minimum atomic E-state index is -3.91. The molecule has 1 fully saturated rings. The number of hydrogen-bond donors (Lipinski definition) is 1. The number of carbonyl (C=O) groups is 1. The second kappa shape index (κ2) is 7.84. The van der Waals surface area contributed by atoms with E-state index >= 15 is 0 Å². The number of amides is 1. The number of methoxy groups -OCH3 is 1. The number of sulfonamides is 1. The quantitative estimate of drug-likeness (QED) is 0.865. The maximum Gasteiger partial charge on any atom is 0.262 e. The molecule has 2 aromatic rings. The molecule has 1 aliphatic heterocycles.